The Balaban J connectivity index is 2.26. The van der Waals surface area contributed by atoms with Crippen molar-refractivity contribution in [2.24, 2.45) is 0 Å². The van der Waals surface area contributed by atoms with Crippen molar-refractivity contribution in [3.63, 3.8) is 0 Å². The van der Waals surface area contributed by atoms with Gasteiger partial charge in [-0.2, -0.15) is 4.98 Å². The van der Waals surface area contributed by atoms with Gasteiger partial charge in [-0.25, -0.2) is 22.9 Å². The Labute approximate surface area is 144 Å². The van der Waals surface area contributed by atoms with Gasteiger partial charge in [0.25, 0.3) is 10.0 Å². The Morgan fingerprint density at radius 2 is 1.96 bits per heavy atom. The molecule has 1 heterocycles. The molecule has 1 aromatic carbocycles. The first-order valence-electron chi connectivity index (χ1n) is 6.69. The number of halogens is 1. The summed E-state index contributed by atoms with van der Waals surface area (Å²) in [6, 6.07) is 6.45. The van der Waals surface area contributed by atoms with Crippen LogP contribution in [-0.2, 0) is 10.0 Å². The molecule has 2 rings (SSSR count). The Kier molecular flexibility index (Phi) is 5.25. The molecule has 2 amide bonds. The predicted octanol–water partition coefficient (Wildman–Crippen LogP) is 1.98. The lowest BCUT2D eigenvalue weighted by molar-refractivity contribution is 0.252. The fourth-order valence-electron chi connectivity index (χ4n) is 1.77. The summed E-state index contributed by atoms with van der Waals surface area (Å²) in [5, 5.41) is 0.00827. The second kappa shape index (κ2) is 7.02. The zero-order valence-corrected chi connectivity index (χ0v) is 14.7. The van der Waals surface area contributed by atoms with Crippen molar-refractivity contribution in [2.45, 2.75) is 11.8 Å². The molecule has 1 aromatic heterocycles. The number of carbonyl (C=O) groups is 1. The summed E-state index contributed by atoms with van der Waals surface area (Å²) >= 11 is 5.86. The lowest BCUT2D eigenvalue weighted by Gasteiger charge is -2.17. The number of anilines is 1. The Bertz CT molecular complexity index is 873. The first-order valence-corrected chi connectivity index (χ1v) is 8.55. The van der Waals surface area contributed by atoms with E-state index in [9.17, 15) is 13.2 Å². The maximum atomic E-state index is 12.3. The molecule has 1 N–H and O–H groups in total. The fraction of sp³-hybridized carbons (Fsp3) is 0.214. The van der Waals surface area contributed by atoms with E-state index in [0.29, 0.717) is 5.69 Å². The van der Waals surface area contributed by atoms with Gasteiger partial charge in [0.1, 0.15) is 4.90 Å². The van der Waals surface area contributed by atoms with Crippen molar-refractivity contribution in [1.29, 1.82) is 0 Å². The van der Waals surface area contributed by atoms with Crippen LogP contribution >= 0.6 is 11.6 Å². The number of ether oxygens (including phenoxy) is 1. The van der Waals surface area contributed by atoms with E-state index in [0.717, 1.165) is 4.90 Å². The van der Waals surface area contributed by atoms with Gasteiger partial charge in [-0.15, -0.1) is 0 Å². The van der Waals surface area contributed by atoms with Crippen LogP contribution in [0, 0.1) is 6.92 Å². The summed E-state index contributed by atoms with van der Waals surface area (Å²) in [6.45, 7) is 1.69. The molecule has 2 aromatic rings. The van der Waals surface area contributed by atoms with Crippen LogP contribution < -0.4 is 14.4 Å². The van der Waals surface area contributed by atoms with Crippen LogP contribution in [0.4, 0.5) is 10.7 Å². The largest absolute Gasteiger partial charge is 0.481 e. The molecule has 24 heavy (non-hydrogen) atoms. The number of urea groups is 1. The quantitative estimate of drug-likeness (QED) is 0.883. The molecule has 0 radical (unpaired) electrons. The van der Waals surface area contributed by atoms with Gasteiger partial charge in [-0.05, 0) is 19.1 Å². The van der Waals surface area contributed by atoms with Crippen LogP contribution in [-0.4, -0.2) is 38.6 Å². The summed E-state index contributed by atoms with van der Waals surface area (Å²) < 4.78 is 31.5. The van der Waals surface area contributed by atoms with Crippen molar-refractivity contribution < 1.29 is 17.9 Å². The maximum Gasteiger partial charge on any atom is 0.337 e. The van der Waals surface area contributed by atoms with Crippen LogP contribution in [0.5, 0.6) is 5.88 Å². The zero-order chi connectivity index (χ0) is 17.9. The van der Waals surface area contributed by atoms with Crippen LogP contribution in [0.25, 0.3) is 0 Å². The SMILES string of the molecule is COc1cc(C)nc(N(C)C(=O)NS(=O)(=O)c2ccccc2Cl)n1. The molecule has 0 spiro atoms. The van der Waals surface area contributed by atoms with Crippen LogP contribution in [0.1, 0.15) is 5.69 Å². The van der Waals surface area contributed by atoms with Crippen molar-refractivity contribution >= 4 is 33.6 Å². The second-order valence-corrected chi connectivity index (χ2v) is 6.81. The third-order valence-electron chi connectivity index (χ3n) is 2.98. The third kappa shape index (κ3) is 3.92. The Morgan fingerprint density at radius 3 is 2.58 bits per heavy atom. The molecule has 128 valence electrons. The van der Waals surface area contributed by atoms with E-state index in [1.165, 1.54) is 32.4 Å². The second-order valence-electron chi connectivity index (χ2n) is 4.75. The van der Waals surface area contributed by atoms with Crippen LogP contribution in [0.2, 0.25) is 5.02 Å². The minimum atomic E-state index is -4.13. The van der Waals surface area contributed by atoms with Gasteiger partial charge in [-0.1, -0.05) is 23.7 Å². The molecule has 0 aliphatic rings. The summed E-state index contributed by atoms with van der Waals surface area (Å²) in [5.74, 6) is 0.254. The number of benzene rings is 1. The zero-order valence-electron chi connectivity index (χ0n) is 13.1. The summed E-state index contributed by atoms with van der Waals surface area (Å²) in [5.41, 5.74) is 0.561. The number of nitrogens with one attached hydrogen (secondary N) is 1. The van der Waals surface area contributed by atoms with Gasteiger partial charge in [-0.3, -0.25) is 4.90 Å². The highest BCUT2D eigenvalue weighted by Crippen LogP contribution is 2.20. The number of hydrogen-bond acceptors (Lipinski definition) is 6. The van der Waals surface area contributed by atoms with Crippen LogP contribution in [0.3, 0.4) is 0 Å². The monoisotopic (exact) mass is 370 g/mol. The first kappa shape index (κ1) is 18.0. The van der Waals surface area contributed by atoms with E-state index in [1.54, 1.807) is 19.1 Å². The smallest absolute Gasteiger partial charge is 0.337 e. The minimum absolute atomic E-state index is 0.00120. The standard InChI is InChI=1S/C14H15ClN4O4S/c1-9-8-12(23-3)17-13(16-9)19(2)14(20)18-24(21,22)11-7-5-4-6-10(11)15/h4-8H,1-3H3,(H,18,20). The number of aryl methyl sites for hydroxylation is 1. The summed E-state index contributed by atoms with van der Waals surface area (Å²) in [7, 11) is -1.37. The lowest BCUT2D eigenvalue weighted by atomic mass is 10.4. The fourth-order valence-corrected chi connectivity index (χ4v) is 3.27. The number of hydrogen-bond donors (Lipinski definition) is 1. The van der Waals surface area contributed by atoms with E-state index in [-0.39, 0.29) is 21.7 Å². The molecule has 0 aliphatic carbocycles. The minimum Gasteiger partial charge on any atom is -0.481 e. The molecule has 0 saturated carbocycles. The molecule has 0 atom stereocenters. The van der Waals surface area contributed by atoms with Gasteiger partial charge in [0.05, 0.1) is 12.1 Å². The number of amides is 2. The maximum absolute atomic E-state index is 12.3. The number of rotatable bonds is 4. The van der Waals surface area contributed by atoms with E-state index in [1.807, 2.05) is 4.72 Å². The van der Waals surface area contributed by atoms with Gasteiger partial charge < -0.3 is 4.74 Å². The number of nitrogens with zero attached hydrogens (tertiary/aromatic N) is 3. The molecule has 8 nitrogen and oxygen atoms in total. The topological polar surface area (TPSA) is 101 Å². The number of aromatic nitrogens is 2. The molecular weight excluding hydrogens is 356 g/mol. The van der Waals surface area contributed by atoms with Gasteiger partial charge >= 0.3 is 6.03 Å². The van der Waals surface area contributed by atoms with Crippen molar-refractivity contribution in [1.82, 2.24) is 14.7 Å². The van der Waals surface area contributed by atoms with Crippen molar-refractivity contribution in [3.8, 4) is 5.88 Å². The number of carbonyl (C=O) groups excluding carboxylic acids is 1. The Hall–Kier alpha value is -2.39. The lowest BCUT2D eigenvalue weighted by Crippen LogP contribution is -2.41. The van der Waals surface area contributed by atoms with Gasteiger partial charge in [0.2, 0.25) is 11.8 Å². The normalized spacial score (nSPS) is 11.0. The highest BCUT2D eigenvalue weighted by molar-refractivity contribution is 7.90. The molecule has 0 fully saturated rings. The predicted molar refractivity (Wildman–Crippen MR) is 88.9 cm³/mol. The van der Waals surface area contributed by atoms with Crippen molar-refractivity contribution in [2.75, 3.05) is 19.1 Å². The molecule has 0 unspecified atom stereocenters. The van der Waals surface area contributed by atoms with Crippen LogP contribution in [0.15, 0.2) is 35.2 Å². The molecule has 10 heteroatoms. The average Bonchev–Trinajstić information content (AvgIpc) is 2.53. The molecule has 0 aliphatic heterocycles. The first-order chi connectivity index (χ1) is 11.2. The highest BCUT2D eigenvalue weighted by atomic mass is 35.5. The summed E-state index contributed by atoms with van der Waals surface area (Å²) in [6.07, 6.45) is 0. The Morgan fingerprint density at radius 1 is 1.29 bits per heavy atom. The number of sulfonamides is 1. The molecule has 0 bridgehead atoms. The number of methoxy groups -OCH3 is 1. The summed E-state index contributed by atoms with van der Waals surface area (Å²) in [4.78, 5) is 21.1. The van der Waals surface area contributed by atoms with E-state index < -0.39 is 16.1 Å². The highest BCUT2D eigenvalue weighted by Gasteiger charge is 2.24. The third-order valence-corrected chi connectivity index (χ3v) is 4.80. The van der Waals surface area contributed by atoms with E-state index in [2.05, 4.69) is 9.97 Å². The van der Waals surface area contributed by atoms with Gasteiger partial charge in [0.15, 0.2) is 0 Å². The molecule has 0 saturated heterocycles. The molecular formula is C14H15ClN4O4S. The van der Waals surface area contributed by atoms with E-state index >= 15 is 0 Å². The van der Waals surface area contributed by atoms with E-state index in [4.69, 9.17) is 16.3 Å². The van der Waals surface area contributed by atoms with Gasteiger partial charge in [0, 0.05) is 18.8 Å². The average molecular weight is 371 g/mol. The van der Waals surface area contributed by atoms with Crippen molar-refractivity contribution in [3.05, 3.63) is 41.0 Å².